The largest absolute Gasteiger partial charge is 0.843 e. The Morgan fingerprint density at radius 1 is 1.00 bits per heavy atom. The van der Waals surface area contributed by atoms with Crippen LogP contribution in [0.15, 0.2) is 37.2 Å². The predicted molar refractivity (Wildman–Crippen MR) is 178 cm³/mol. The number of pyridine rings is 1. The number of aliphatic hydroxyl groups excluding tert-OH is 2. The average molecular weight is 858 g/mol. The molecule has 2 aliphatic heterocycles. The molecular formula is C26H38N9O18P3. The second kappa shape index (κ2) is 18.0. The maximum absolute atomic E-state index is 12.9. The third-order valence-electron chi connectivity index (χ3n) is 8.00. The van der Waals surface area contributed by atoms with Crippen LogP contribution in [0.5, 0.6) is 0 Å². The van der Waals surface area contributed by atoms with Crippen molar-refractivity contribution in [2.45, 2.75) is 55.5 Å². The van der Waals surface area contributed by atoms with Crippen molar-refractivity contribution in [3.05, 3.63) is 42.7 Å². The number of nitrogens with two attached hydrogens (primary N) is 3. The van der Waals surface area contributed by atoms with Gasteiger partial charge in [0.1, 0.15) is 41.8 Å². The number of phosphoric acid groups is 3. The molecule has 3 aromatic heterocycles. The molecule has 27 nitrogen and oxygen atoms in total. The summed E-state index contributed by atoms with van der Waals surface area (Å²) in [6.07, 6.45) is -9.50. The van der Waals surface area contributed by atoms with E-state index in [9.17, 15) is 53.3 Å². The summed E-state index contributed by atoms with van der Waals surface area (Å²) in [6.45, 7) is -2.43. The van der Waals surface area contributed by atoms with Gasteiger partial charge in [-0.15, -0.1) is 0 Å². The fraction of sp³-hybridized carbons (Fsp3) is 0.538. The smallest absolute Gasteiger partial charge is 0.481 e. The number of anilines is 1. The van der Waals surface area contributed by atoms with Crippen LogP contribution in [-0.2, 0) is 50.4 Å². The molecule has 2 saturated heterocycles. The first-order valence-corrected chi connectivity index (χ1v) is 20.6. The molecule has 0 radical (unpaired) electrons. The lowest BCUT2D eigenvalue weighted by Crippen LogP contribution is -2.52. The van der Waals surface area contributed by atoms with Crippen LogP contribution in [0.2, 0.25) is 0 Å². The molecule has 0 aromatic carbocycles. The van der Waals surface area contributed by atoms with Gasteiger partial charge < -0.3 is 62.0 Å². The average Bonchev–Trinajstić information content (AvgIpc) is 3.78. The number of nitrogen functional groups attached to an aromatic ring is 1. The van der Waals surface area contributed by atoms with Crippen LogP contribution < -0.4 is 32.2 Å². The Bertz CT molecular complexity index is 2030. The summed E-state index contributed by atoms with van der Waals surface area (Å²) in [6, 6.07) is 2.74. The molecular weight excluding hydrogens is 819 g/mol. The van der Waals surface area contributed by atoms with Gasteiger partial charge >= 0.3 is 23.5 Å². The standard InChI is InChI=1S/C26H38N9O18P3/c27-4-5-30-16(36)3-7-47-54(41,42)52-21-19(38)15(51-26(21)35-12-33-17-22(28)31-11-32-24(17)35)10-49-56(45,46)53-55(43,44)48-9-14-18(37)20(39)25(50-14)34-6-1-2-13(8-34)23(29)40/h1-2,6,8,11-12,14-15,18-21,25-26,37-38H,3-5,7,9-10,27H2,(H2,29,40)(H,30,36)(H,41,42)(H,43,44)(H,45,46)(H2,28,31,32)/t14-,15-,18-,19-,20-,21-,25-,26-/m1/s1. The lowest BCUT2D eigenvalue weighted by atomic mass is 10.1. The van der Waals surface area contributed by atoms with Gasteiger partial charge in [-0.1, -0.05) is 0 Å². The number of rotatable bonds is 19. The monoisotopic (exact) mass is 857 g/mol. The quantitative estimate of drug-likeness (QED) is 0.0409. The molecule has 3 aromatic rings. The number of hydrogen-bond acceptors (Lipinski definition) is 20. The lowest BCUT2D eigenvalue weighted by Gasteiger charge is -2.24. The Labute approximate surface area is 315 Å². The number of carbonyl (C=O) groups is 2. The van der Waals surface area contributed by atoms with Gasteiger partial charge in [0.05, 0.1) is 38.7 Å². The van der Waals surface area contributed by atoms with Crippen molar-refractivity contribution in [3.8, 4) is 0 Å². The fourth-order valence-electron chi connectivity index (χ4n) is 5.39. The minimum absolute atomic E-state index is 0.00609. The molecule has 12 N–H and O–H groups in total. The third kappa shape index (κ3) is 10.7. The van der Waals surface area contributed by atoms with Gasteiger partial charge in [0.15, 0.2) is 30.1 Å². The summed E-state index contributed by atoms with van der Waals surface area (Å²) < 4.78 is 75.7. The van der Waals surface area contributed by atoms with Crippen molar-refractivity contribution < 1.29 is 89.7 Å². The highest BCUT2D eigenvalue weighted by atomic mass is 31.3. The van der Waals surface area contributed by atoms with Crippen molar-refractivity contribution in [2.75, 3.05) is 38.6 Å². The Morgan fingerprint density at radius 3 is 2.34 bits per heavy atom. The Morgan fingerprint density at radius 2 is 1.68 bits per heavy atom. The molecule has 0 bridgehead atoms. The number of aliphatic hydroxyl groups is 2. The molecule has 30 heteroatoms. The van der Waals surface area contributed by atoms with Gasteiger partial charge in [0, 0.05) is 19.2 Å². The van der Waals surface area contributed by atoms with Gasteiger partial charge in [-0.3, -0.25) is 32.3 Å². The van der Waals surface area contributed by atoms with Crippen LogP contribution in [0, 0.1) is 0 Å². The van der Waals surface area contributed by atoms with Crippen molar-refractivity contribution in [1.82, 2.24) is 24.8 Å². The number of imidazole rings is 1. The van der Waals surface area contributed by atoms with Gasteiger partial charge in [0.2, 0.25) is 5.91 Å². The first kappa shape index (κ1) is 43.7. The van der Waals surface area contributed by atoms with Gasteiger partial charge in [0.25, 0.3) is 12.1 Å². The van der Waals surface area contributed by atoms with Crippen LogP contribution in [0.4, 0.5) is 5.82 Å². The highest BCUT2D eigenvalue weighted by molar-refractivity contribution is 7.61. The zero-order chi connectivity index (χ0) is 41.0. The molecule has 310 valence electrons. The van der Waals surface area contributed by atoms with E-state index in [2.05, 4.69) is 24.6 Å². The Hall–Kier alpha value is -3.43. The van der Waals surface area contributed by atoms with E-state index in [1.807, 2.05) is 0 Å². The minimum atomic E-state index is -5.59. The molecule has 2 aliphatic rings. The van der Waals surface area contributed by atoms with E-state index >= 15 is 0 Å². The van der Waals surface area contributed by atoms with Crippen LogP contribution in [0.3, 0.4) is 0 Å². The van der Waals surface area contributed by atoms with Gasteiger partial charge in [-0.05, 0) is 12.2 Å². The minimum Gasteiger partial charge on any atom is -0.843 e. The van der Waals surface area contributed by atoms with Crippen LogP contribution in [0.25, 0.3) is 11.2 Å². The zero-order valence-corrected chi connectivity index (χ0v) is 31.4. The van der Waals surface area contributed by atoms with Gasteiger partial charge in [-0.25, -0.2) is 28.6 Å². The number of ether oxygens (including phenoxy) is 2. The molecule has 3 unspecified atom stereocenters. The maximum Gasteiger partial charge on any atom is 0.481 e. The fourth-order valence-corrected chi connectivity index (χ4v) is 8.40. The highest BCUT2D eigenvalue weighted by Crippen LogP contribution is 2.61. The van der Waals surface area contributed by atoms with Crippen LogP contribution in [0.1, 0.15) is 29.2 Å². The van der Waals surface area contributed by atoms with E-state index in [1.54, 1.807) is 0 Å². The highest BCUT2D eigenvalue weighted by Gasteiger charge is 2.51. The number of nitrogens with zero attached hydrogens (tertiary/aromatic N) is 5. The van der Waals surface area contributed by atoms with Crippen molar-refractivity contribution in [1.29, 1.82) is 0 Å². The number of aromatic nitrogens is 5. The first-order chi connectivity index (χ1) is 26.3. The van der Waals surface area contributed by atoms with E-state index in [0.717, 1.165) is 21.8 Å². The predicted octanol–water partition coefficient (Wildman–Crippen LogP) is -4.04. The second-order valence-corrected chi connectivity index (χ2v) is 16.4. The summed E-state index contributed by atoms with van der Waals surface area (Å²) in [7, 11) is -16.2. The summed E-state index contributed by atoms with van der Waals surface area (Å²) in [4.78, 5) is 66.2. The Balaban J connectivity index is 1.22. The molecule has 0 saturated carbocycles. The van der Waals surface area contributed by atoms with Crippen molar-refractivity contribution in [2.24, 2.45) is 11.5 Å². The number of carbonyl (C=O) groups excluding carboxylic acids is 2. The lowest BCUT2D eigenvalue weighted by molar-refractivity contribution is -0.782. The first-order valence-electron chi connectivity index (χ1n) is 16.2. The van der Waals surface area contributed by atoms with Crippen LogP contribution in [-0.4, -0.2) is 126 Å². The third-order valence-corrected chi connectivity index (χ3v) is 11.6. The van der Waals surface area contributed by atoms with E-state index in [1.165, 1.54) is 24.5 Å². The molecule has 0 spiro atoms. The molecule has 0 aliphatic carbocycles. The van der Waals surface area contributed by atoms with E-state index < -0.39 is 104 Å². The molecule has 2 amide bonds. The summed E-state index contributed by atoms with van der Waals surface area (Å²) >= 11 is 0. The Kier molecular flexibility index (Phi) is 14.1. The normalized spacial score (nSPS) is 28.4. The summed E-state index contributed by atoms with van der Waals surface area (Å²) in [5.74, 6) is -1.44. The molecule has 56 heavy (non-hydrogen) atoms. The van der Waals surface area contributed by atoms with E-state index in [0.29, 0.717) is 0 Å². The SMILES string of the molecule is NCCNC(=O)CCOP(=O)(O)O[C@@H]1[C@H](O)[C@@H](COP(=O)(O)OP(=O)(O)OC[C@H]2O[C@@H]([n+]3cccc(C(N)=O)c3)[C@H]([O-])[C@@H]2O)O[C@H]1n1cnc2c(N)ncnc21. The van der Waals surface area contributed by atoms with E-state index in [4.69, 9.17) is 44.8 Å². The van der Waals surface area contributed by atoms with Crippen molar-refractivity contribution >= 4 is 52.3 Å². The van der Waals surface area contributed by atoms with Crippen LogP contribution >= 0.6 is 23.5 Å². The van der Waals surface area contributed by atoms with Gasteiger partial charge in [-0.2, -0.15) is 8.88 Å². The molecule has 5 rings (SSSR count). The summed E-state index contributed by atoms with van der Waals surface area (Å²) in [5.41, 5.74) is 16.5. The topological polar surface area (TPSA) is 412 Å². The maximum atomic E-state index is 12.9. The number of amides is 2. The second-order valence-electron chi connectivity index (χ2n) is 11.9. The number of fused-ring (bicyclic) bond motifs is 1. The number of primary amides is 1. The summed E-state index contributed by atoms with van der Waals surface area (Å²) in [5, 5.41) is 36.6. The number of nitrogens with one attached hydrogen (secondary N) is 1. The number of hydrogen-bond donors (Lipinski definition) is 9. The van der Waals surface area contributed by atoms with Crippen molar-refractivity contribution in [3.63, 3.8) is 0 Å². The zero-order valence-electron chi connectivity index (χ0n) is 28.7. The molecule has 5 heterocycles. The van der Waals surface area contributed by atoms with E-state index in [-0.39, 0.29) is 42.1 Å². The molecule has 2 fully saturated rings. The number of phosphoric ester groups is 3. The molecule has 11 atom stereocenters.